The molecule has 0 radical (unpaired) electrons. The Bertz CT molecular complexity index is 7530. The number of fused-ring (bicyclic) bond motifs is 8. The van der Waals surface area contributed by atoms with E-state index in [9.17, 15) is 19.2 Å². The van der Waals surface area contributed by atoms with Gasteiger partial charge in [0.2, 0.25) is 0 Å². The minimum Gasteiger partial charge on any atom is -0.370 e. The number of pyridine rings is 4. The molecule has 3 saturated carbocycles. The van der Waals surface area contributed by atoms with Gasteiger partial charge in [-0.2, -0.15) is 20.4 Å². The van der Waals surface area contributed by atoms with Crippen LogP contribution in [0, 0.1) is 6.92 Å². The Labute approximate surface area is 696 Å². The largest absolute Gasteiger partial charge is 0.370 e. The maximum absolute atomic E-state index is 11.9. The van der Waals surface area contributed by atoms with Gasteiger partial charge < -0.3 is 26.0 Å². The van der Waals surface area contributed by atoms with Crippen molar-refractivity contribution in [3.05, 3.63) is 322 Å². The molecule has 606 valence electrons. The Kier molecular flexibility index (Phi) is 20.4. The SMILES string of the molecule is Cc1cc(Nc2cc(CSc3ccc4c(=O)[nH][nH]c4c3)nc3ccccc23)n[nH]1.O=c1[nH][nH]c2cc(COCc3cc4ccccc4c(Nc4cc(C5CC5)[nH]n4)n3)ccc12.O=c1[nH][nH]c2cc(Cc3cc4ccccc4c(Nc4cc(C5CC5)[nH]n4)n3)ccc12.O=c1[nH][nH]c2ccc(CCc3cc4ccccc4c(Nc4cc(C5CC5)[nH]n4)n3)cc12. The zero-order valence-corrected chi connectivity index (χ0v) is 66.8. The molecule has 0 amide bonds. The molecule has 16 N–H and O–H groups in total. The molecule has 0 aliphatic heterocycles. The van der Waals surface area contributed by atoms with E-state index in [2.05, 4.69) is 188 Å². The first-order valence-electron chi connectivity index (χ1n) is 40.6. The highest BCUT2D eigenvalue weighted by Gasteiger charge is 2.28. The maximum Gasteiger partial charge on any atom is 0.271 e. The molecule has 0 spiro atoms. The van der Waals surface area contributed by atoms with Gasteiger partial charge in [0.15, 0.2) is 23.3 Å². The first-order valence-corrected chi connectivity index (χ1v) is 41.6. The number of benzene rings is 8. The number of nitrogens with one attached hydrogen (secondary N) is 16. The van der Waals surface area contributed by atoms with Crippen LogP contribution >= 0.6 is 11.8 Å². The summed E-state index contributed by atoms with van der Waals surface area (Å²) in [5, 5.41) is 75.8. The summed E-state index contributed by atoms with van der Waals surface area (Å²) in [7, 11) is 0. The first-order chi connectivity index (χ1) is 59.8. The van der Waals surface area contributed by atoms with Gasteiger partial charge in [-0.15, -0.1) is 11.8 Å². The highest BCUT2D eigenvalue weighted by molar-refractivity contribution is 7.98. The second-order valence-electron chi connectivity index (χ2n) is 31.2. The van der Waals surface area contributed by atoms with Crippen LogP contribution in [0.4, 0.5) is 46.4 Å². The van der Waals surface area contributed by atoms with E-state index in [1.807, 2.05) is 134 Å². The topological polar surface area (TPSA) is 418 Å². The van der Waals surface area contributed by atoms with Crippen molar-refractivity contribution < 1.29 is 4.74 Å². The Morgan fingerprint density at radius 2 is 0.811 bits per heavy atom. The number of H-pyrrole nitrogens is 12. The van der Waals surface area contributed by atoms with Crippen molar-refractivity contribution in [2.75, 3.05) is 21.3 Å². The number of hydrogen-bond donors (Lipinski definition) is 16. The summed E-state index contributed by atoms with van der Waals surface area (Å²) < 4.78 is 5.95. The quantitative estimate of drug-likeness (QED) is 0.0264. The van der Waals surface area contributed by atoms with Gasteiger partial charge in [-0.25, -0.2) is 15.0 Å². The van der Waals surface area contributed by atoms with Gasteiger partial charge in [-0.3, -0.25) is 85.3 Å². The van der Waals surface area contributed by atoms with Crippen molar-refractivity contribution in [2.24, 2.45) is 0 Å². The first kappa shape index (κ1) is 75.6. The van der Waals surface area contributed by atoms with Gasteiger partial charge in [0.05, 0.1) is 79.4 Å². The normalized spacial score (nSPS) is 13.2. The summed E-state index contributed by atoms with van der Waals surface area (Å²) in [5.41, 5.74) is 16.2. The fourth-order valence-electron chi connectivity index (χ4n) is 15.4. The number of ether oxygens (including phenoxy) is 1. The molecule has 30 heteroatoms. The van der Waals surface area contributed by atoms with E-state index in [4.69, 9.17) is 24.7 Å². The van der Waals surface area contributed by atoms with Crippen LogP contribution in [0.5, 0.6) is 0 Å². The van der Waals surface area contributed by atoms with Crippen molar-refractivity contribution in [2.45, 2.75) is 106 Å². The number of anilines is 8. The molecule has 3 aliphatic carbocycles. The smallest absolute Gasteiger partial charge is 0.271 e. The molecule has 0 atom stereocenters. The second-order valence-corrected chi connectivity index (χ2v) is 32.3. The molecule has 12 aromatic heterocycles. The van der Waals surface area contributed by atoms with Crippen LogP contribution in [-0.2, 0) is 43.0 Å². The third kappa shape index (κ3) is 17.0. The molecule has 29 nitrogen and oxygen atoms in total. The highest BCUT2D eigenvalue weighted by Crippen LogP contribution is 2.43. The lowest BCUT2D eigenvalue weighted by molar-refractivity contribution is 0.105. The van der Waals surface area contributed by atoms with E-state index in [0.29, 0.717) is 64.7 Å². The zero-order chi connectivity index (χ0) is 82.2. The Morgan fingerprint density at radius 3 is 1.38 bits per heavy atom. The van der Waals surface area contributed by atoms with Crippen LogP contribution in [0.15, 0.2) is 242 Å². The minimum atomic E-state index is -0.117. The van der Waals surface area contributed by atoms with Crippen LogP contribution in [0.25, 0.3) is 86.8 Å². The van der Waals surface area contributed by atoms with E-state index in [1.54, 1.807) is 17.8 Å². The molecule has 0 saturated heterocycles. The standard InChI is InChI=1S/C24H22N6O2.C24H22N6O.C23H20N6O.C21H18N6OS/c31-24-19-8-5-14(9-21(19)28-30-24)12-32-13-17-10-16-3-1-2-4-18(16)23(25-17)26-22-11-20(27-29-22)15-6-7-15;31-24-19-11-14(6-10-20(19)27-30-24)5-9-17-12-16-3-1-2-4-18(16)23(25-17)26-22-13-21(28-29-22)15-7-8-15;30-23-18-8-5-13(10-20(18)27-29-23)9-16-11-15-3-1-2-4-17(15)22(24-16)25-21-12-19(26-28-21)14-6-7-14;1-12-8-20(26-24-12)23-18-9-13(22-17-5-3-2-4-15(17)18)11-29-14-6-7-16-19(10-14)25-27-21(16)28/h1-5,8-11,15H,6-7,12-13H2,(H2,28,30,31)(H2,25,26,27,29);1-4,6,10-13,15H,5,7-9H2,(H2,27,30,31)(H2,25,26,28,29);1-5,8,10-12,14H,6-7,9H2,(H2,27,29,30)(H2,24,25,26,28);2-10H,11H2,1H3,(H2,25,27,28)(H2,22,23,24,26). The molecular weight excluding hydrogens is 1550 g/mol. The molecule has 20 aromatic rings. The van der Waals surface area contributed by atoms with E-state index in [1.165, 1.54) is 55.6 Å². The van der Waals surface area contributed by atoms with Crippen LogP contribution in [0.2, 0.25) is 0 Å². The van der Waals surface area contributed by atoms with Gasteiger partial charge in [-0.05, 0) is 176 Å². The number of nitrogens with zero attached hydrogens (tertiary/aromatic N) is 8. The number of rotatable bonds is 23. The van der Waals surface area contributed by atoms with Crippen LogP contribution in [0.3, 0.4) is 0 Å². The average molecular weight is 1640 g/mol. The van der Waals surface area contributed by atoms with Crippen LogP contribution in [0.1, 0.15) is 119 Å². The van der Waals surface area contributed by atoms with E-state index in [-0.39, 0.29) is 22.2 Å². The number of thioether (sulfide) groups is 1. The van der Waals surface area contributed by atoms with Gasteiger partial charge in [0, 0.05) is 115 Å². The van der Waals surface area contributed by atoms with Gasteiger partial charge in [-0.1, -0.05) is 109 Å². The lowest BCUT2D eigenvalue weighted by atomic mass is 10.0. The number of aromatic amines is 12. The Hall–Kier alpha value is -15.2. The summed E-state index contributed by atoms with van der Waals surface area (Å²) in [5.74, 6) is 8.10. The van der Waals surface area contributed by atoms with E-state index in [0.717, 1.165) is 175 Å². The molecule has 23 rings (SSSR count). The summed E-state index contributed by atoms with van der Waals surface area (Å²) in [6.45, 7) is 2.76. The zero-order valence-electron chi connectivity index (χ0n) is 66.0. The van der Waals surface area contributed by atoms with Crippen molar-refractivity contribution in [3.8, 4) is 0 Å². The molecule has 122 heavy (non-hydrogen) atoms. The summed E-state index contributed by atoms with van der Waals surface area (Å²) in [6.07, 6.45) is 9.63. The monoisotopic (exact) mass is 1630 g/mol. The van der Waals surface area contributed by atoms with Gasteiger partial charge in [0.25, 0.3) is 22.2 Å². The molecule has 8 aromatic carbocycles. The fraction of sp³-hybridized carbons (Fsp3) is 0.174. The molecular formula is C92H82N24O5S. The third-order valence-electron chi connectivity index (χ3n) is 22.1. The minimum absolute atomic E-state index is 0.0864. The van der Waals surface area contributed by atoms with Crippen LogP contribution in [-0.4, -0.2) is 102 Å². The fourth-order valence-corrected chi connectivity index (χ4v) is 16.2. The van der Waals surface area contributed by atoms with Crippen molar-refractivity contribution in [3.63, 3.8) is 0 Å². The number of aromatic nitrogens is 20. The summed E-state index contributed by atoms with van der Waals surface area (Å²) in [4.78, 5) is 67.5. The molecule has 0 bridgehead atoms. The number of para-hydroxylation sites is 1. The summed E-state index contributed by atoms with van der Waals surface area (Å²) >= 11 is 1.68. The molecule has 3 aliphatic rings. The molecule has 0 unspecified atom stereocenters. The lowest BCUT2D eigenvalue weighted by Crippen LogP contribution is -2.02. The van der Waals surface area contributed by atoms with E-state index < -0.39 is 0 Å². The maximum atomic E-state index is 11.9. The third-order valence-corrected chi connectivity index (χ3v) is 23.2. The van der Waals surface area contributed by atoms with Crippen molar-refractivity contribution in [1.29, 1.82) is 0 Å². The van der Waals surface area contributed by atoms with Crippen LogP contribution < -0.4 is 43.5 Å². The predicted molar refractivity (Wildman–Crippen MR) is 479 cm³/mol. The predicted octanol–water partition coefficient (Wildman–Crippen LogP) is 17.8. The highest BCUT2D eigenvalue weighted by atomic mass is 32.2. The molecule has 12 heterocycles. The Balaban J connectivity index is 0.000000104. The number of hydrogen-bond acceptors (Lipinski definition) is 18. The van der Waals surface area contributed by atoms with Gasteiger partial charge in [0.1, 0.15) is 17.5 Å². The van der Waals surface area contributed by atoms with Crippen molar-refractivity contribution >= 4 is 145 Å². The summed E-state index contributed by atoms with van der Waals surface area (Å²) in [6, 6.07) is 72.4. The number of aryl methyl sites for hydroxylation is 3. The lowest BCUT2D eigenvalue weighted by Gasteiger charge is -2.11. The molecule has 3 fully saturated rings. The van der Waals surface area contributed by atoms with E-state index >= 15 is 0 Å². The second kappa shape index (κ2) is 33.0. The van der Waals surface area contributed by atoms with Crippen molar-refractivity contribution in [1.82, 2.24) is 102 Å². The average Bonchev–Trinajstić information content (AvgIpc) is 1.22. The van der Waals surface area contributed by atoms with Gasteiger partial charge >= 0.3 is 0 Å². The Morgan fingerprint density at radius 1 is 0.352 bits per heavy atom.